The number of rotatable bonds is 4. The Kier molecular flexibility index (Phi) is 5.31. The van der Waals surface area contributed by atoms with Crippen LogP contribution < -0.4 is 5.73 Å². The third kappa shape index (κ3) is 3.86. The van der Waals surface area contributed by atoms with Crippen molar-refractivity contribution < 1.29 is 4.74 Å². The molecule has 100 valence electrons. The number of ether oxygens (including phenoxy) is 1. The zero-order chi connectivity index (χ0) is 13.0. The summed E-state index contributed by atoms with van der Waals surface area (Å²) < 4.78 is 5.70. The predicted molar refractivity (Wildman–Crippen MR) is 76.3 cm³/mol. The van der Waals surface area contributed by atoms with Crippen molar-refractivity contribution in [1.29, 1.82) is 0 Å². The fraction of sp³-hybridized carbons (Fsp3) is 0.571. The molecule has 1 saturated heterocycles. The van der Waals surface area contributed by atoms with Crippen LogP contribution in [0.5, 0.6) is 0 Å². The van der Waals surface area contributed by atoms with Gasteiger partial charge >= 0.3 is 0 Å². The fourth-order valence-electron chi connectivity index (χ4n) is 2.40. The Bertz CT molecular complexity index is 391. The molecule has 0 aromatic heterocycles. The molecule has 1 fully saturated rings. The minimum absolute atomic E-state index is 0.0732. The zero-order valence-corrected chi connectivity index (χ0v) is 11.9. The highest BCUT2D eigenvalue weighted by atomic mass is 35.5. The summed E-state index contributed by atoms with van der Waals surface area (Å²) in [6.45, 7) is 0.870. The number of hydrogen-bond acceptors (Lipinski definition) is 2. The second kappa shape index (κ2) is 6.76. The quantitative estimate of drug-likeness (QED) is 0.914. The highest BCUT2D eigenvalue weighted by Gasteiger charge is 2.18. The molecule has 1 heterocycles. The van der Waals surface area contributed by atoms with Gasteiger partial charge in [-0.1, -0.05) is 35.3 Å². The third-order valence-electron chi connectivity index (χ3n) is 3.35. The van der Waals surface area contributed by atoms with E-state index in [1.165, 1.54) is 12.8 Å². The van der Waals surface area contributed by atoms with Gasteiger partial charge in [-0.2, -0.15) is 0 Å². The summed E-state index contributed by atoms with van der Waals surface area (Å²) in [4.78, 5) is 0. The Balaban J connectivity index is 1.90. The van der Waals surface area contributed by atoms with Gasteiger partial charge in [-0.3, -0.25) is 0 Å². The second-order valence-electron chi connectivity index (χ2n) is 4.90. The molecule has 4 heteroatoms. The fourth-order valence-corrected chi connectivity index (χ4v) is 2.80. The van der Waals surface area contributed by atoms with Crippen molar-refractivity contribution in [2.45, 2.75) is 44.2 Å². The Morgan fingerprint density at radius 3 is 2.89 bits per heavy atom. The monoisotopic (exact) mass is 287 g/mol. The van der Waals surface area contributed by atoms with Crippen molar-refractivity contribution in [3.05, 3.63) is 33.8 Å². The van der Waals surface area contributed by atoms with Gasteiger partial charge in [0.15, 0.2) is 0 Å². The maximum Gasteiger partial charge on any atom is 0.0624 e. The summed E-state index contributed by atoms with van der Waals surface area (Å²) >= 11 is 12.2. The molecule has 2 nitrogen and oxygen atoms in total. The summed E-state index contributed by atoms with van der Waals surface area (Å²) in [6.07, 6.45) is 5.49. The highest BCUT2D eigenvalue weighted by molar-refractivity contribution is 6.42. The molecule has 2 atom stereocenters. The Morgan fingerprint density at radius 2 is 2.17 bits per heavy atom. The van der Waals surface area contributed by atoms with E-state index in [2.05, 4.69) is 0 Å². The van der Waals surface area contributed by atoms with E-state index in [1.54, 1.807) is 6.07 Å². The molecule has 1 aromatic rings. The van der Waals surface area contributed by atoms with Crippen LogP contribution in [0.2, 0.25) is 10.0 Å². The van der Waals surface area contributed by atoms with Gasteiger partial charge in [-0.15, -0.1) is 0 Å². The zero-order valence-electron chi connectivity index (χ0n) is 10.4. The smallest absolute Gasteiger partial charge is 0.0624 e. The summed E-state index contributed by atoms with van der Waals surface area (Å²) in [5.74, 6) is 0. The Hall–Kier alpha value is -0.280. The molecule has 0 spiro atoms. The van der Waals surface area contributed by atoms with Crippen molar-refractivity contribution in [2.75, 3.05) is 6.61 Å². The summed E-state index contributed by atoms with van der Waals surface area (Å²) in [6, 6.07) is 5.76. The van der Waals surface area contributed by atoms with Crippen LogP contribution in [-0.4, -0.2) is 18.8 Å². The van der Waals surface area contributed by atoms with Crippen LogP contribution in [0.3, 0.4) is 0 Å². The summed E-state index contributed by atoms with van der Waals surface area (Å²) in [5, 5.41) is 1.22. The molecular formula is C14H19Cl2NO. The minimum atomic E-state index is 0.0732. The lowest BCUT2D eigenvalue weighted by atomic mass is 9.97. The van der Waals surface area contributed by atoms with Crippen molar-refractivity contribution in [3.8, 4) is 0 Å². The van der Waals surface area contributed by atoms with Crippen LogP contribution in [0, 0.1) is 0 Å². The molecular weight excluding hydrogens is 269 g/mol. The SMILES string of the molecule is NC(Cc1cccc(Cl)c1Cl)CC1CCCCO1. The van der Waals surface area contributed by atoms with Crippen LogP contribution in [0.15, 0.2) is 18.2 Å². The molecule has 18 heavy (non-hydrogen) atoms. The molecule has 1 aromatic carbocycles. The van der Waals surface area contributed by atoms with Gasteiger partial charge in [0.1, 0.15) is 0 Å². The van der Waals surface area contributed by atoms with E-state index in [1.807, 2.05) is 12.1 Å². The van der Waals surface area contributed by atoms with Crippen molar-refractivity contribution >= 4 is 23.2 Å². The molecule has 2 N–H and O–H groups in total. The lowest BCUT2D eigenvalue weighted by molar-refractivity contribution is 0.00747. The van der Waals surface area contributed by atoms with Gasteiger partial charge in [0, 0.05) is 12.6 Å². The first-order valence-electron chi connectivity index (χ1n) is 6.47. The maximum atomic E-state index is 6.17. The van der Waals surface area contributed by atoms with Gasteiger partial charge in [0.2, 0.25) is 0 Å². The van der Waals surface area contributed by atoms with E-state index in [4.69, 9.17) is 33.7 Å². The average Bonchev–Trinajstić information content (AvgIpc) is 2.36. The van der Waals surface area contributed by atoms with Crippen LogP contribution in [-0.2, 0) is 11.2 Å². The molecule has 0 radical (unpaired) electrons. The average molecular weight is 288 g/mol. The van der Waals surface area contributed by atoms with E-state index in [0.717, 1.165) is 31.4 Å². The number of nitrogens with two attached hydrogens (primary N) is 1. The molecule has 2 unspecified atom stereocenters. The van der Waals surface area contributed by atoms with E-state index in [-0.39, 0.29) is 6.04 Å². The van der Waals surface area contributed by atoms with E-state index < -0.39 is 0 Å². The normalized spacial score (nSPS) is 21.8. The van der Waals surface area contributed by atoms with Crippen LogP contribution in [0.1, 0.15) is 31.2 Å². The van der Waals surface area contributed by atoms with Crippen LogP contribution >= 0.6 is 23.2 Å². The van der Waals surface area contributed by atoms with Gasteiger partial charge in [0.05, 0.1) is 16.1 Å². The standard InChI is InChI=1S/C14H19Cl2NO/c15-13-6-3-4-10(14(13)16)8-11(17)9-12-5-1-2-7-18-12/h3-4,6,11-12H,1-2,5,7-9,17H2. The van der Waals surface area contributed by atoms with E-state index >= 15 is 0 Å². The molecule has 1 aliphatic rings. The van der Waals surface area contributed by atoms with Crippen molar-refractivity contribution in [3.63, 3.8) is 0 Å². The topological polar surface area (TPSA) is 35.2 Å². The molecule has 2 rings (SSSR count). The minimum Gasteiger partial charge on any atom is -0.378 e. The van der Waals surface area contributed by atoms with E-state index in [9.17, 15) is 0 Å². The van der Waals surface area contributed by atoms with Crippen molar-refractivity contribution in [2.24, 2.45) is 5.73 Å². The summed E-state index contributed by atoms with van der Waals surface area (Å²) in [5.41, 5.74) is 7.19. The predicted octanol–water partition coefficient (Wildman–Crippen LogP) is 3.82. The molecule has 0 saturated carbocycles. The van der Waals surface area contributed by atoms with Gasteiger partial charge in [-0.05, 0) is 43.7 Å². The number of hydrogen-bond donors (Lipinski definition) is 1. The second-order valence-corrected chi connectivity index (χ2v) is 5.69. The van der Waals surface area contributed by atoms with Crippen LogP contribution in [0.25, 0.3) is 0 Å². The molecule has 0 aliphatic carbocycles. The van der Waals surface area contributed by atoms with Crippen LogP contribution in [0.4, 0.5) is 0 Å². The maximum absolute atomic E-state index is 6.17. The molecule has 0 amide bonds. The number of benzene rings is 1. The first kappa shape index (κ1) is 14.1. The van der Waals surface area contributed by atoms with E-state index in [0.29, 0.717) is 16.1 Å². The van der Waals surface area contributed by atoms with Gasteiger partial charge in [0.25, 0.3) is 0 Å². The molecule has 0 bridgehead atoms. The first-order chi connectivity index (χ1) is 8.66. The lowest BCUT2D eigenvalue weighted by Gasteiger charge is -2.25. The van der Waals surface area contributed by atoms with Crippen molar-refractivity contribution in [1.82, 2.24) is 0 Å². The Labute approximate surface area is 118 Å². The first-order valence-corrected chi connectivity index (χ1v) is 7.22. The Morgan fingerprint density at radius 1 is 1.33 bits per heavy atom. The summed E-state index contributed by atoms with van der Waals surface area (Å²) in [7, 11) is 0. The van der Waals surface area contributed by atoms with Gasteiger partial charge < -0.3 is 10.5 Å². The third-order valence-corrected chi connectivity index (χ3v) is 4.21. The highest BCUT2D eigenvalue weighted by Crippen LogP contribution is 2.27. The lowest BCUT2D eigenvalue weighted by Crippen LogP contribution is -2.31. The largest absolute Gasteiger partial charge is 0.378 e. The van der Waals surface area contributed by atoms with Gasteiger partial charge in [-0.25, -0.2) is 0 Å². The molecule has 1 aliphatic heterocycles. The number of halogens is 2.